The van der Waals surface area contributed by atoms with Crippen molar-refractivity contribution in [2.75, 3.05) is 7.11 Å². The Bertz CT molecular complexity index is 1270. The Labute approximate surface area is 188 Å². The summed E-state index contributed by atoms with van der Waals surface area (Å²) in [5, 5.41) is 51.4. The fraction of sp³-hybridized carbons (Fsp3) is 0.304. The average molecular weight is 443 g/mol. The van der Waals surface area contributed by atoms with Crippen LogP contribution in [0.4, 0.5) is 5.69 Å². The predicted octanol–water partition coefficient (Wildman–Crippen LogP) is 3.73. The molecule has 0 radical (unpaired) electrons. The van der Waals surface area contributed by atoms with E-state index in [1.165, 1.54) is 38.3 Å². The molecule has 2 aliphatic rings. The molecule has 1 N–H and O–H groups in total. The fourth-order valence-electron chi connectivity index (χ4n) is 4.94. The molecule has 33 heavy (non-hydrogen) atoms. The van der Waals surface area contributed by atoms with Crippen molar-refractivity contribution >= 4 is 11.6 Å². The molecule has 4 unspecified atom stereocenters. The molecule has 2 aliphatic heterocycles. The van der Waals surface area contributed by atoms with Crippen molar-refractivity contribution in [2.24, 2.45) is 10.8 Å². The van der Waals surface area contributed by atoms with Crippen LogP contribution < -0.4 is 4.74 Å². The summed E-state index contributed by atoms with van der Waals surface area (Å²) in [5.41, 5.74) is -4.37. The summed E-state index contributed by atoms with van der Waals surface area (Å²) < 4.78 is 17.1. The first-order valence-corrected chi connectivity index (χ1v) is 9.81. The van der Waals surface area contributed by atoms with Gasteiger partial charge in [-0.3, -0.25) is 15.5 Å². The predicted molar refractivity (Wildman–Crippen MR) is 112 cm³/mol. The minimum Gasteiger partial charge on any atom is -0.497 e. The largest absolute Gasteiger partial charge is 0.497 e. The van der Waals surface area contributed by atoms with E-state index in [9.17, 15) is 25.9 Å². The molecule has 0 amide bonds. The zero-order valence-corrected chi connectivity index (χ0v) is 17.6. The molecule has 2 saturated heterocycles. The highest BCUT2D eigenvalue weighted by molar-refractivity contribution is 5.90. The van der Waals surface area contributed by atoms with E-state index in [4.69, 9.17) is 19.6 Å². The lowest BCUT2D eigenvalue weighted by Crippen LogP contribution is -2.57. The number of nitro groups is 1. The number of ether oxygens (including phenoxy) is 3. The molecule has 4 atom stereocenters. The van der Waals surface area contributed by atoms with Crippen molar-refractivity contribution in [1.29, 1.82) is 21.2 Å². The van der Waals surface area contributed by atoms with Gasteiger partial charge in [0.2, 0.25) is 17.1 Å². The second-order valence-electron chi connectivity index (χ2n) is 7.92. The number of benzene rings is 2. The molecule has 10 nitrogen and oxygen atoms in total. The molecular formula is C23H17N5O5. The zero-order valence-electron chi connectivity index (χ0n) is 17.6. The normalized spacial score (nSPS) is 29.1. The third-order valence-corrected chi connectivity index (χ3v) is 6.38. The van der Waals surface area contributed by atoms with E-state index in [0.717, 1.165) is 0 Å². The highest BCUT2D eigenvalue weighted by Crippen LogP contribution is 2.69. The van der Waals surface area contributed by atoms with Gasteiger partial charge in [0, 0.05) is 13.0 Å². The quantitative estimate of drug-likeness (QED) is 0.551. The molecule has 0 aliphatic carbocycles. The van der Waals surface area contributed by atoms with Crippen LogP contribution in [0.5, 0.6) is 5.75 Å². The molecule has 2 aromatic rings. The van der Waals surface area contributed by atoms with Gasteiger partial charge in [-0.15, -0.1) is 0 Å². The Morgan fingerprint density at radius 3 is 2.27 bits per heavy atom. The number of rotatable bonds is 4. The van der Waals surface area contributed by atoms with Gasteiger partial charge in [0.05, 0.1) is 41.7 Å². The first-order valence-electron chi connectivity index (χ1n) is 9.81. The SMILES string of the molecule is COc1ccc(C2C3(C)OC(=N)C2(C#N)C(C#N)(C#N)C(c2ccccc2[N+](=O)[O-])O3)cc1. The second kappa shape index (κ2) is 7.30. The van der Waals surface area contributed by atoms with Crippen LogP contribution in [0.15, 0.2) is 48.5 Å². The van der Waals surface area contributed by atoms with Gasteiger partial charge in [0.15, 0.2) is 5.41 Å². The van der Waals surface area contributed by atoms with E-state index in [-0.39, 0.29) is 11.3 Å². The molecular weight excluding hydrogens is 426 g/mol. The highest BCUT2D eigenvalue weighted by Gasteiger charge is 2.80. The van der Waals surface area contributed by atoms with E-state index in [1.54, 1.807) is 24.3 Å². The number of nitrogens with one attached hydrogen (secondary N) is 1. The van der Waals surface area contributed by atoms with Gasteiger partial charge < -0.3 is 14.2 Å². The van der Waals surface area contributed by atoms with Gasteiger partial charge >= 0.3 is 0 Å². The summed E-state index contributed by atoms with van der Waals surface area (Å²) in [5.74, 6) is -2.77. The van der Waals surface area contributed by atoms with E-state index < -0.39 is 39.5 Å². The van der Waals surface area contributed by atoms with Crippen LogP contribution in [-0.2, 0) is 9.47 Å². The molecule has 2 aromatic carbocycles. The minimum atomic E-state index is -2.33. The second-order valence-corrected chi connectivity index (χ2v) is 7.92. The number of hydrogen-bond acceptors (Lipinski definition) is 9. The first kappa shape index (κ1) is 21.8. The molecule has 0 spiro atoms. The summed E-state index contributed by atoms with van der Waals surface area (Å²) >= 11 is 0. The standard InChI is InChI=1S/C23H17N5O5/c1-21-18(14-7-9-15(31-2)10-8-14)23(13-26,20(27)33-21)22(11-24,12-25)19(32-21)16-5-3-4-6-17(16)28(29)30/h3-10,18-19,27H,1-2H3. The Morgan fingerprint density at radius 1 is 1.09 bits per heavy atom. The molecule has 4 rings (SSSR count). The number of hydrogen-bond donors (Lipinski definition) is 1. The smallest absolute Gasteiger partial charge is 0.275 e. The van der Waals surface area contributed by atoms with Crippen molar-refractivity contribution in [3.05, 3.63) is 69.8 Å². The summed E-state index contributed by atoms with van der Waals surface area (Å²) in [4.78, 5) is 11.1. The highest BCUT2D eigenvalue weighted by atomic mass is 16.7. The fourth-order valence-corrected chi connectivity index (χ4v) is 4.94. The van der Waals surface area contributed by atoms with Gasteiger partial charge in [0.25, 0.3) is 5.69 Å². The average Bonchev–Trinajstić information content (AvgIpc) is 3.01. The van der Waals surface area contributed by atoms with Crippen molar-refractivity contribution in [1.82, 2.24) is 0 Å². The molecule has 164 valence electrons. The number of para-hydroxylation sites is 1. The zero-order chi connectivity index (χ0) is 24.0. The molecule has 2 bridgehead atoms. The van der Waals surface area contributed by atoms with E-state index in [0.29, 0.717) is 11.3 Å². The summed E-state index contributed by atoms with van der Waals surface area (Å²) in [7, 11) is 1.49. The van der Waals surface area contributed by atoms with Crippen LogP contribution in [0.3, 0.4) is 0 Å². The lowest BCUT2D eigenvalue weighted by molar-refractivity contribution is -0.387. The Balaban J connectivity index is 2.03. The van der Waals surface area contributed by atoms with Crippen LogP contribution in [-0.4, -0.2) is 23.7 Å². The monoisotopic (exact) mass is 443 g/mol. The van der Waals surface area contributed by atoms with Gasteiger partial charge in [-0.05, 0) is 23.8 Å². The maximum Gasteiger partial charge on any atom is 0.275 e. The third kappa shape index (κ3) is 2.64. The number of methoxy groups -OCH3 is 1. The molecule has 0 aromatic heterocycles. The van der Waals surface area contributed by atoms with E-state index >= 15 is 0 Å². The maximum absolute atomic E-state index is 11.7. The lowest BCUT2D eigenvalue weighted by Gasteiger charge is -2.48. The number of fused-ring (bicyclic) bond motifs is 2. The van der Waals surface area contributed by atoms with Crippen LogP contribution in [0, 0.1) is 60.3 Å². The van der Waals surface area contributed by atoms with Crippen LogP contribution in [0.25, 0.3) is 0 Å². The van der Waals surface area contributed by atoms with Crippen LogP contribution in [0.2, 0.25) is 0 Å². The minimum absolute atomic E-state index is 0.0528. The first-order chi connectivity index (χ1) is 15.7. The van der Waals surface area contributed by atoms with Crippen molar-refractivity contribution < 1.29 is 19.1 Å². The third-order valence-electron chi connectivity index (χ3n) is 6.38. The molecule has 10 heteroatoms. The number of nitro benzene ring substituents is 1. The summed E-state index contributed by atoms with van der Waals surface area (Å²) in [6, 6.07) is 17.9. The van der Waals surface area contributed by atoms with Crippen molar-refractivity contribution in [2.45, 2.75) is 24.7 Å². The van der Waals surface area contributed by atoms with Gasteiger partial charge in [0.1, 0.15) is 11.9 Å². The van der Waals surface area contributed by atoms with Crippen molar-refractivity contribution in [3.8, 4) is 24.0 Å². The van der Waals surface area contributed by atoms with Gasteiger partial charge in [-0.1, -0.05) is 24.3 Å². The van der Waals surface area contributed by atoms with Crippen LogP contribution >= 0.6 is 0 Å². The lowest BCUT2D eigenvalue weighted by atomic mass is 9.52. The summed E-state index contributed by atoms with van der Waals surface area (Å²) in [6.45, 7) is 1.50. The van der Waals surface area contributed by atoms with Crippen LogP contribution in [0.1, 0.15) is 30.1 Å². The number of nitrogens with zero attached hydrogens (tertiary/aromatic N) is 4. The summed E-state index contributed by atoms with van der Waals surface area (Å²) in [6.07, 6.45) is -1.53. The molecule has 2 fully saturated rings. The van der Waals surface area contributed by atoms with Gasteiger partial charge in [-0.25, -0.2) is 0 Å². The number of nitriles is 3. The van der Waals surface area contributed by atoms with Crippen molar-refractivity contribution in [3.63, 3.8) is 0 Å². The molecule has 2 heterocycles. The Morgan fingerprint density at radius 2 is 1.73 bits per heavy atom. The molecule has 0 saturated carbocycles. The maximum atomic E-state index is 11.7. The van der Waals surface area contributed by atoms with Gasteiger partial charge in [-0.2, -0.15) is 15.8 Å². The topological polar surface area (TPSA) is 166 Å². The Kier molecular flexibility index (Phi) is 4.82. The van der Waals surface area contributed by atoms with E-state index in [1.807, 2.05) is 18.2 Å². The van der Waals surface area contributed by atoms with E-state index in [2.05, 4.69) is 0 Å². The Hall–Kier alpha value is -4.46.